The standard InChI is InChI=1S/C37H46F3N7O5/c1-37(2,3)52-36(50)41-28-21-47(44-32(28)34(39)40)24-12-10-22(11-13-24)19-46-17-16-29(27(38)20-46)51-18-6-8-23-7-5-9-25-31(43-45(4)33(23)25)26-14-15-30(48)42-35(26)49/h5,7,9,21-22,24,26-27,29,34H,10-20H2,1-4H3,(H,41,50)(H,42,48,49)/t22?,24?,26?,27-,29+/m0/s1. The van der Waals surface area contributed by atoms with Gasteiger partial charge in [-0.05, 0) is 71.3 Å². The lowest BCUT2D eigenvalue weighted by atomic mass is 9.85. The maximum Gasteiger partial charge on any atom is 0.412 e. The number of anilines is 1. The summed E-state index contributed by atoms with van der Waals surface area (Å²) in [5.41, 5.74) is 0.813. The lowest BCUT2D eigenvalue weighted by molar-refractivity contribution is -0.134. The quantitative estimate of drug-likeness (QED) is 0.221. The Morgan fingerprint density at radius 2 is 1.88 bits per heavy atom. The first-order valence-corrected chi connectivity index (χ1v) is 17.9. The minimum atomic E-state index is -2.85. The number of nitrogens with zero attached hydrogens (tertiary/aromatic N) is 5. The molecule has 2 N–H and O–H groups in total. The number of piperidine rings is 2. The van der Waals surface area contributed by atoms with Crippen molar-refractivity contribution in [3.63, 3.8) is 0 Å². The molecule has 1 saturated carbocycles. The highest BCUT2D eigenvalue weighted by molar-refractivity contribution is 6.02. The fraction of sp³-hybridized carbons (Fsp3) is 0.595. The summed E-state index contributed by atoms with van der Waals surface area (Å²) in [6.45, 7) is 6.88. The molecular weight excluding hydrogens is 679 g/mol. The van der Waals surface area contributed by atoms with Crippen LogP contribution in [0.2, 0.25) is 0 Å². The van der Waals surface area contributed by atoms with Crippen molar-refractivity contribution in [1.29, 1.82) is 0 Å². The number of aromatic nitrogens is 4. The van der Waals surface area contributed by atoms with Crippen molar-refractivity contribution in [2.24, 2.45) is 13.0 Å². The van der Waals surface area contributed by atoms with Crippen molar-refractivity contribution in [2.75, 3.05) is 31.6 Å². The number of imide groups is 1. The predicted octanol–water partition coefficient (Wildman–Crippen LogP) is 5.79. The van der Waals surface area contributed by atoms with E-state index in [1.807, 2.05) is 18.2 Å². The van der Waals surface area contributed by atoms with Gasteiger partial charge in [-0.2, -0.15) is 10.2 Å². The van der Waals surface area contributed by atoms with Crippen LogP contribution in [0.4, 0.5) is 23.7 Å². The van der Waals surface area contributed by atoms with E-state index in [1.165, 1.54) is 10.9 Å². The van der Waals surface area contributed by atoms with E-state index in [1.54, 1.807) is 32.5 Å². The number of halogens is 3. The summed E-state index contributed by atoms with van der Waals surface area (Å²) in [6, 6.07) is 5.54. The minimum Gasteiger partial charge on any atom is -0.444 e. The molecule has 15 heteroatoms. The Labute approximate surface area is 300 Å². The number of rotatable bonds is 8. The molecule has 1 aromatic carbocycles. The maximum absolute atomic E-state index is 15.3. The highest BCUT2D eigenvalue weighted by Crippen LogP contribution is 2.36. The van der Waals surface area contributed by atoms with E-state index in [9.17, 15) is 23.2 Å². The van der Waals surface area contributed by atoms with Gasteiger partial charge >= 0.3 is 6.09 Å². The van der Waals surface area contributed by atoms with Crippen LogP contribution in [-0.4, -0.2) is 86.5 Å². The maximum atomic E-state index is 15.3. The number of likely N-dealkylation sites (tertiary alicyclic amines) is 1. The molecule has 280 valence electrons. The molecule has 1 unspecified atom stereocenters. The number of carbonyl (C=O) groups is 3. The van der Waals surface area contributed by atoms with Crippen LogP contribution in [0.3, 0.4) is 0 Å². The van der Waals surface area contributed by atoms with Crippen molar-refractivity contribution in [1.82, 2.24) is 29.8 Å². The van der Waals surface area contributed by atoms with Gasteiger partial charge in [-0.1, -0.05) is 24.0 Å². The fourth-order valence-electron chi connectivity index (χ4n) is 7.48. The lowest BCUT2D eigenvalue weighted by Crippen LogP contribution is -2.47. The second kappa shape index (κ2) is 15.7. The summed E-state index contributed by atoms with van der Waals surface area (Å²) >= 11 is 0. The number of amides is 3. The van der Waals surface area contributed by atoms with Gasteiger partial charge in [0.2, 0.25) is 11.8 Å². The topological polar surface area (TPSA) is 133 Å². The van der Waals surface area contributed by atoms with Crippen LogP contribution < -0.4 is 10.6 Å². The van der Waals surface area contributed by atoms with E-state index in [4.69, 9.17) is 9.47 Å². The summed E-state index contributed by atoms with van der Waals surface area (Å²) < 4.78 is 57.1. The fourth-order valence-corrected chi connectivity index (χ4v) is 7.48. The molecule has 0 radical (unpaired) electrons. The number of carbonyl (C=O) groups excluding carboxylic acids is 3. The molecule has 52 heavy (non-hydrogen) atoms. The van der Waals surface area contributed by atoms with Crippen LogP contribution in [0, 0.1) is 17.8 Å². The molecule has 3 fully saturated rings. The Balaban J connectivity index is 0.968. The monoisotopic (exact) mass is 725 g/mol. The second-order valence-corrected chi connectivity index (χ2v) is 14.9. The number of hydrogen-bond donors (Lipinski definition) is 2. The van der Waals surface area contributed by atoms with Gasteiger partial charge in [0.25, 0.3) is 6.43 Å². The normalized spacial score (nSPS) is 24.4. The molecule has 3 aromatic rings. The van der Waals surface area contributed by atoms with Crippen molar-refractivity contribution < 1.29 is 37.0 Å². The molecule has 4 heterocycles. The van der Waals surface area contributed by atoms with Crippen LogP contribution in [-0.2, 0) is 26.1 Å². The predicted molar refractivity (Wildman–Crippen MR) is 186 cm³/mol. The van der Waals surface area contributed by atoms with E-state index < -0.39 is 42.0 Å². The molecule has 3 amide bonds. The van der Waals surface area contributed by atoms with Gasteiger partial charge in [-0.3, -0.25) is 34.5 Å². The molecule has 6 rings (SSSR count). The van der Waals surface area contributed by atoms with E-state index in [2.05, 4.69) is 37.6 Å². The largest absolute Gasteiger partial charge is 0.444 e. The molecular formula is C37H46F3N7O5. The minimum absolute atomic E-state index is 0.0529. The molecule has 0 spiro atoms. The third kappa shape index (κ3) is 8.78. The summed E-state index contributed by atoms with van der Waals surface area (Å²) in [6.07, 6.45) is 0.480. The number of benzene rings is 1. The molecule has 3 aliphatic rings. The van der Waals surface area contributed by atoms with Crippen molar-refractivity contribution in [3.8, 4) is 11.8 Å². The SMILES string of the molecule is Cn1nc(C2CCC(=O)NC2=O)c2cccc(C#CCO[C@@H]3CCN(CC4CCC(n5cc(NC(=O)OC(C)(C)C)c(C(F)F)n5)CC4)C[C@@H]3F)c21. The van der Waals surface area contributed by atoms with Crippen LogP contribution in [0.15, 0.2) is 24.4 Å². The summed E-state index contributed by atoms with van der Waals surface area (Å²) in [7, 11) is 1.79. The van der Waals surface area contributed by atoms with E-state index in [-0.39, 0.29) is 43.1 Å². The van der Waals surface area contributed by atoms with Gasteiger partial charge in [0.05, 0.1) is 40.5 Å². The number of para-hydroxylation sites is 1. The molecule has 3 atom stereocenters. The van der Waals surface area contributed by atoms with Crippen molar-refractivity contribution in [2.45, 2.75) is 102 Å². The van der Waals surface area contributed by atoms with Gasteiger partial charge in [-0.15, -0.1) is 0 Å². The summed E-state index contributed by atoms with van der Waals surface area (Å²) in [5, 5.41) is 14.3. The Hall–Kier alpha value is -4.42. The highest BCUT2D eigenvalue weighted by Gasteiger charge is 2.34. The first-order chi connectivity index (χ1) is 24.8. The number of alkyl halides is 3. The third-order valence-corrected chi connectivity index (χ3v) is 9.93. The zero-order valence-electron chi connectivity index (χ0n) is 30.0. The third-order valence-electron chi connectivity index (χ3n) is 9.93. The molecule has 0 bridgehead atoms. The molecule has 2 saturated heterocycles. The zero-order chi connectivity index (χ0) is 37.2. The average molecular weight is 726 g/mol. The number of ether oxygens (including phenoxy) is 2. The second-order valence-electron chi connectivity index (χ2n) is 14.9. The molecule has 2 aromatic heterocycles. The molecule has 1 aliphatic carbocycles. The average Bonchev–Trinajstić information content (AvgIpc) is 3.65. The van der Waals surface area contributed by atoms with E-state index >= 15 is 4.39 Å². The number of aryl methyl sites for hydroxylation is 1. The number of hydrogen-bond acceptors (Lipinski definition) is 8. The summed E-state index contributed by atoms with van der Waals surface area (Å²) in [5.74, 6) is 5.37. The van der Waals surface area contributed by atoms with Gasteiger partial charge in [-0.25, -0.2) is 18.0 Å². The smallest absolute Gasteiger partial charge is 0.412 e. The van der Waals surface area contributed by atoms with Gasteiger partial charge in [0.1, 0.15) is 18.4 Å². The van der Waals surface area contributed by atoms with Crippen LogP contribution >= 0.6 is 0 Å². The first kappa shape index (κ1) is 37.3. The summed E-state index contributed by atoms with van der Waals surface area (Å²) in [4.78, 5) is 38.5. The van der Waals surface area contributed by atoms with Crippen LogP contribution in [0.5, 0.6) is 0 Å². The Morgan fingerprint density at radius 3 is 2.58 bits per heavy atom. The Morgan fingerprint density at radius 1 is 1.12 bits per heavy atom. The highest BCUT2D eigenvalue weighted by atomic mass is 19.3. The van der Waals surface area contributed by atoms with Gasteiger partial charge in [0, 0.05) is 44.7 Å². The van der Waals surface area contributed by atoms with Gasteiger partial charge < -0.3 is 9.47 Å². The van der Waals surface area contributed by atoms with Gasteiger partial charge in [0.15, 0.2) is 5.69 Å². The Bertz CT molecular complexity index is 1850. The zero-order valence-corrected chi connectivity index (χ0v) is 30.0. The van der Waals surface area contributed by atoms with Crippen LogP contribution in [0.25, 0.3) is 10.9 Å². The lowest BCUT2D eigenvalue weighted by Gasteiger charge is -2.38. The molecule has 2 aliphatic heterocycles. The van der Waals surface area contributed by atoms with E-state index in [0.717, 1.165) is 48.7 Å². The molecule has 12 nitrogen and oxygen atoms in total. The van der Waals surface area contributed by atoms with Crippen LogP contribution in [0.1, 0.15) is 101 Å². The van der Waals surface area contributed by atoms with Crippen molar-refractivity contribution >= 4 is 34.5 Å². The first-order valence-electron chi connectivity index (χ1n) is 17.9. The Kier molecular flexibility index (Phi) is 11.3. The number of nitrogens with one attached hydrogen (secondary N) is 2. The van der Waals surface area contributed by atoms with E-state index in [0.29, 0.717) is 31.0 Å². The van der Waals surface area contributed by atoms with Crippen molar-refractivity contribution in [3.05, 3.63) is 41.3 Å². The number of fused-ring (bicyclic) bond motifs is 1.